The summed E-state index contributed by atoms with van der Waals surface area (Å²) in [6.07, 6.45) is 0. The molecule has 0 bridgehead atoms. The summed E-state index contributed by atoms with van der Waals surface area (Å²) in [5, 5.41) is 14.0. The van der Waals surface area contributed by atoms with Crippen LogP contribution in [0.15, 0.2) is 24.3 Å². The van der Waals surface area contributed by atoms with Gasteiger partial charge in [-0.25, -0.2) is 10.8 Å². The number of nitrogen functional groups attached to an aromatic ring is 1. The first-order chi connectivity index (χ1) is 9.51. The normalized spacial score (nSPS) is 10.2. The maximum absolute atomic E-state index is 11.1. The van der Waals surface area contributed by atoms with Crippen molar-refractivity contribution in [2.24, 2.45) is 5.84 Å². The average molecular weight is 274 g/mol. The second kappa shape index (κ2) is 5.49. The number of anilines is 3. The largest absolute Gasteiger partial charge is 0.334 e. The molecule has 1 heterocycles. The number of nitro groups is 1. The van der Waals surface area contributed by atoms with Gasteiger partial charge >= 0.3 is 5.69 Å². The van der Waals surface area contributed by atoms with E-state index in [-0.39, 0.29) is 23.1 Å². The van der Waals surface area contributed by atoms with Crippen LogP contribution < -0.4 is 16.6 Å². The molecule has 2 rings (SSSR count). The van der Waals surface area contributed by atoms with Crippen LogP contribution in [0.5, 0.6) is 0 Å². The number of rotatable bonds is 4. The summed E-state index contributed by atoms with van der Waals surface area (Å²) in [5.41, 5.74) is 4.12. The standard InChI is InChI=1S/C12H14N6O2/c1-7-3-5-9(6-4-7)15-11-10(18(19)20)8(2)14-12(16-11)17-13/h3-6H,13H2,1-2H3,(H2,14,15,16,17). The lowest BCUT2D eigenvalue weighted by Crippen LogP contribution is -2.13. The molecule has 4 N–H and O–H groups in total. The van der Waals surface area contributed by atoms with Crippen molar-refractivity contribution in [3.63, 3.8) is 0 Å². The van der Waals surface area contributed by atoms with Crippen molar-refractivity contribution in [1.29, 1.82) is 0 Å². The predicted molar refractivity (Wildman–Crippen MR) is 75.7 cm³/mol. The van der Waals surface area contributed by atoms with Gasteiger partial charge in [-0.3, -0.25) is 15.5 Å². The lowest BCUT2D eigenvalue weighted by atomic mass is 10.2. The van der Waals surface area contributed by atoms with Gasteiger partial charge in [0.2, 0.25) is 11.8 Å². The van der Waals surface area contributed by atoms with Crippen molar-refractivity contribution in [2.75, 3.05) is 10.7 Å². The number of aromatic nitrogens is 2. The number of aryl methyl sites for hydroxylation is 2. The SMILES string of the molecule is Cc1ccc(Nc2nc(NN)nc(C)c2[N+](=O)[O-])cc1. The number of hydrogen-bond donors (Lipinski definition) is 3. The molecule has 0 saturated heterocycles. The molecule has 0 radical (unpaired) electrons. The molecule has 0 amide bonds. The summed E-state index contributed by atoms with van der Waals surface area (Å²) >= 11 is 0. The summed E-state index contributed by atoms with van der Waals surface area (Å²) in [6.45, 7) is 3.48. The lowest BCUT2D eigenvalue weighted by molar-refractivity contribution is -0.385. The molecule has 1 aromatic carbocycles. The molecule has 2 aromatic rings. The summed E-state index contributed by atoms with van der Waals surface area (Å²) in [4.78, 5) is 18.5. The molecular weight excluding hydrogens is 260 g/mol. The Balaban J connectivity index is 2.45. The molecule has 8 heteroatoms. The summed E-state index contributed by atoms with van der Waals surface area (Å²) in [7, 11) is 0. The van der Waals surface area contributed by atoms with Crippen LogP contribution in [-0.2, 0) is 0 Å². The molecule has 0 fully saturated rings. The van der Waals surface area contributed by atoms with Gasteiger partial charge in [0.05, 0.1) is 4.92 Å². The van der Waals surface area contributed by atoms with E-state index < -0.39 is 4.92 Å². The molecule has 0 aliphatic carbocycles. The second-order valence-corrected chi connectivity index (χ2v) is 4.22. The van der Waals surface area contributed by atoms with E-state index in [0.29, 0.717) is 5.69 Å². The van der Waals surface area contributed by atoms with Gasteiger partial charge in [-0.05, 0) is 26.0 Å². The molecule has 0 unspecified atom stereocenters. The average Bonchev–Trinajstić information content (AvgIpc) is 2.40. The van der Waals surface area contributed by atoms with Crippen LogP contribution in [0.2, 0.25) is 0 Å². The van der Waals surface area contributed by atoms with Gasteiger partial charge in [0.25, 0.3) is 0 Å². The van der Waals surface area contributed by atoms with Gasteiger partial charge in [0.15, 0.2) is 0 Å². The van der Waals surface area contributed by atoms with Crippen molar-refractivity contribution in [1.82, 2.24) is 9.97 Å². The van der Waals surface area contributed by atoms with Crippen molar-refractivity contribution in [2.45, 2.75) is 13.8 Å². The fourth-order valence-corrected chi connectivity index (χ4v) is 1.71. The first kappa shape index (κ1) is 13.7. The number of nitrogens with zero attached hydrogens (tertiary/aromatic N) is 3. The van der Waals surface area contributed by atoms with Gasteiger partial charge in [-0.2, -0.15) is 4.98 Å². The van der Waals surface area contributed by atoms with Crippen molar-refractivity contribution in [3.05, 3.63) is 45.6 Å². The molecule has 0 aliphatic rings. The number of nitrogens with one attached hydrogen (secondary N) is 2. The number of nitrogens with two attached hydrogens (primary N) is 1. The highest BCUT2D eigenvalue weighted by Crippen LogP contribution is 2.29. The third-order valence-corrected chi connectivity index (χ3v) is 2.68. The molecular formula is C12H14N6O2. The highest BCUT2D eigenvalue weighted by atomic mass is 16.6. The van der Waals surface area contributed by atoms with E-state index in [9.17, 15) is 10.1 Å². The van der Waals surface area contributed by atoms with E-state index in [1.54, 1.807) is 0 Å². The Bertz CT molecular complexity index is 641. The molecule has 0 spiro atoms. The summed E-state index contributed by atoms with van der Waals surface area (Å²) < 4.78 is 0. The van der Waals surface area contributed by atoms with E-state index in [0.717, 1.165) is 5.56 Å². The van der Waals surface area contributed by atoms with Gasteiger partial charge in [-0.15, -0.1) is 0 Å². The van der Waals surface area contributed by atoms with E-state index in [1.165, 1.54) is 6.92 Å². The monoisotopic (exact) mass is 274 g/mol. The zero-order valence-corrected chi connectivity index (χ0v) is 11.0. The highest BCUT2D eigenvalue weighted by molar-refractivity contribution is 5.68. The van der Waals surface area contributed by atoms with E-state index in [1.807, 2.05) is 31.2 Å². The van der Waals surface area contributed by atoms with Crippen LogP contribution in [0.25, 0.3) is 0 Å². The Morgan fingerprint density at radius 2 is 1.85 bits per heavy atom. The molecule has 0 aliphatic heterocycles. The summed E-state index contributed by atoms with van der Waals surface area (Å²) in [6, 6.07) is 7.41. The minimum atomic E-state index is -0.522. The number of benzene rings is 1. The first-order valence-corrected chi connectivity index (χ1v) is 5.84. The Morgan fingerprint density at radius 3 is 2.40 bits per heavy atom. The number of hydrazine groups is 1. The third kappa shape index (κ3) is 2.81. The molecule has 8 nitrogen and oxygen atoms in total. The zero-order valence-electron chi connectivity index (χ0n) is 11.0. The molecule has 0 saturated carbocycles. The summed E-state index contributed by atoms with van der Waals surface area (Å²) in [5.74, 6) is 5.46. The van der Waals surface area contributed by atoms with Crippen LogP contribution in [-0.4, -0.2) is 14.9 Å². The molecule has 0 atom stereocenters. The van der Waals surface area contributed by atoms with Crippen LogP contribution in [0.1, 0.15) is 11.3 Å². The second-order valence-electron chi connectivity index (χ2n) is 4.22. The van der Waals surface area contributed by atoms with Gasteiger partial charge in [0.1, 0.15) is 5.69 Å². The fraction of sp³-hybridized carbons (Fsp3) is 0.167. The minimum absolute atomic E-state index is 0.0966. The van der Waals surface area contributed by atoms with Crippen molar-refractivity contribution in [3.8, 4) is 0 Å². The smallest absolute Gasteiger partial charge is 0.332 e. The van der Waals surface area contributed by atoms with Gasteiger partial charge < -0.3 is 5.32 Å². The van der Waals surface area contributed by atoms with Crippen molar-refractivity contribution >= 4 is 23.1 Å². The Kier molecular flexibility index (Phi) is 3.76. The fourth-order valence-electron chi connectivity index (χ4n) is 1.71. The van der Waals surface area contributed by atoms with Gasteiger partial charge in [0, 0.05) is 5.69 Å². The van der Waals surface area contributed by atoms with Crippen molar-refractivity contribution < 1.29 is 4.92 Å². The Morgan fingerprint density at radius 1 is 1.20 bits per heavy atom. The maximum atomic E-state index is 11.1. The van der Waals surface area contributed by atoms with E-state index in [2.05, 4.69) is 20.7 Å². The first-order valence-electron chi connectivity index (χ1n) is 5.84. The van der Waals surface area contributed by atoms with Gasteiger partial charge in [-0.1, -0.05) is 17.7 Å². The lowest BCUT2D eigenvalue weighted by Gasteiger charge is -2.09. The van der Waals surface area contributed by atoms with Crippen LogP contribution in [0, 0.1) is 24.0 Å². The Hall–Kier alpha value is -2.74. The van der Waals surface area contributed by atoms with E-state index in [4.69, 9.17) is 5.84 Å². The minimum Gasteiger partial charge on any atom is -0.334 e. The number of hydrogen-bond acceptors (Lipinski definition) is 7. The topological polar surface area (TPSA) is 119 Å². The van der Waals surface area contributed by atoms with Crippen LogP contribution >= 0.6 is 0 Å². The molecule has 20 heavy (non-hydrogen) atoms. The molecule has 1 aromatic heterocycles. The quantitative estimate of drug-likeness (QED) is 0.443. The highest BCUT2D eigenvalue weighted by Gasteiger charge is 2.22. The third-order valence-electron chi connectivity index (χ3n) is 2.68. The Labute approximate surface area is 115 Å². The predicted octanol–water partition coefficient (Wildman–Crippen LogP) is 2.03. The van der Waals surface area contributed by atoms with E-state index >= 15 is 0 Å². The molecule has 104 valence electrons. The van der Waals surface area contributed by atoms with Crippen LogP contribution in [0.4, 0.5) is 23.1 Å². The maximum Gasteiger partial charge on any atom is 0.332 e. The zero-order chi connectivity index (χ0) is 14.7. The van der Waals surface area contributed by atoms with Crippen LogP contribution in [0.3, 0.4) is 0 Å².